The lowest BCUT2D eigenvalue weighted by Crippen LogP contribution is -2.40. The van der Waals surface area contributed by atoms with Gasteiger partial charge in [-0.3, -0.25) is 9.59 Å². The number of aliphatic carboxylic acids is 1. The predicted molar refractivity (Wildman–Crippen MR) is 57.7 cm³/mol. The first-order valence-electron chi connectivity index (χ1n) is 5.31. The molecule has 1 aliphatic carbocycles. The van der Waals surface area contributed by atoms with Crippen LogP contribution in [0.15, 0.2) is 12.2 Å². The third kappa shape index (κ3) is 2.82. The van der Waals surface area contributed by atoms with E-state index in [0.717, 1.165) is 0 Å². The highest BCUT2D eigenvalue weighted by molar-refractivity contribution is 5.85. The van der Waals surface area contributed by atoms with Crippen molar-refractivity contribution >= 4 is 11.9 Å². The van der Waals surface area contributed by atoms with Gasteiger partial charge in [-0.25, -0.2) is 0 Å². The van der Waals surface area contributed by atoms with Crippen molar-refractivity contribution in [1.82, 2.24) is 4.90 Å². The van der Waals surface area contributed by atoms with E-state index in [2.05, 4.69) is 0 Å². The largest absolute Gasteiger partial charge is 0.481 e. The molecule has 0 aromatic rings. The molecule has 5 nitrogen and oxygen atoms in total. The molecule has 0 aliphatic heterocycles. The number of hydrogen-bond donors (Lipinski definition) is 2. The Kier molecular flexibility index (Phi) is 4.49. The number of carbonyl (C=O) groups is 2. The number of allylic oxidation sites excluding steroid dienone is 2. The second-order valence-corrected chi connectivity index (χ2v) is 3.98. The molecule has 0 saturated heterocycles. The number of carboxylic acid groups (broad SMARTS) is 1. The number of amides is 1. The molecule has 0 radical (unpaired) electrons. The van der Waals surface area contributed by atoms with Crippen molar-refractivity contribution in [2.75, 3.05) is 20.2 Å². The minimum absolute atomic E-state index is 0.109. The molecule has 0 heterocycles. The molecule has 1 rings (SSSR count). The first-order valence-corrected chi connectivity index (χ1v) is 5.31. The van der Waals surface area contributed by atoms with Gasteiger partial charge in [0.2, 0.25) is 5.91 Å². The summed E-state index contributed by atoms with van der Waals surface area (Å²) in [6, 6.07) is 0. The van der Waals surface area contributed by atoms with E-state index < -0.39 is 17.8 Å². The van der Waals surface area contributed by atoms with Gasteiger partial charge >= 0.3 is 5.97 Å². The number of carboxylic acids is 1. The second kappa shape index (κ2) is 5.65. The van der Waals surface area contributed by atoms with Gasteiger partial charge in [-0.05, 0) is 12.8 Å². The van der Waals surface area contributed by atoms with E-state index >= 15 is 0 Å². The average Bonchev–Trinajstić information content (AvgIpc) is 2.28. The van der Waals surface area contributed by atoms with Crippen molar-refractivity contribution < 1.29 is 19.8 Å². The van der Waals surface area contributed by atoms with Crippen LogP contribution in [-0.2, 0) is 9.59 Å². The van der Waals surface area contributed by atoms with Crippen molar-refractivity contribution in [1.29, 1.82) is 0 Å². The molecular formula is C11H17NO4. The molecule has 2 unspecified atom stereocenters. The number of rotatable bonds is 4. The van der Waals surface area contributed by atoms with Crippen molar-refractivity contribution in [3.8, 4) is 0 Å². The summed E-state index contributed by atoms with van der Waals surface area (Å²) in [5.74, 6) is -2.27. The second-order valence-electron chi connectivity index (χ2n) is 3.98. The number of aliphatic hydroxyl groups excluding tert-OH is 1. The first-order chi connectivity index (χ1) is 7.57. The standard InChI is InChI=1S/C11H17NO4/c1-12(6-7-13)10(14)8-4-2-3-5-9(8)11(15)16/h2-3,8-9,13H,4-7H2,1H3,(H,15,16). The SMILES string of the molecule is CN(CCO)C(=O)C1CC=CCC1C(=O)O. The van der Waals surface area contributed by atoms with Gasteiger partial charge in [0.1, 0.15) is 0 Å². The summed E-state index contributed by atoms with van der Waals surface area (Å²) in [4.78, 5) is 24.3. The molecule has 0 fully saturated rings. The minimum atomic E-state index is -0.930. The van der Waals surface area contributed by atoms with Crippen LogP contribution in [-0.4, -0.2) is 47.2 Å². The molecular weight excluding hydrogens is 210 g/mol. The summed E-state index contributed by atoms with van der Waals surface area (Å²) in [6.07, 6.45) is 4.51. The normalized spacial score (nSPS) is 24.1. The van der Waals surface area contributed by atoms with Crippen molar-refractivity contribution in [2.24, 2.45) is 11.8 Å². The number of likely N-dealkylation sites (N-methyl/N-ethyl adjacent to an activating group) is 1. The third-order valence-electron chi connectivity index (χ3n) is 2.88. The van der Waals surface area contributed by atoms with Crippen LogP contribution in [0.3, 0.4) is 0 Å². The van der Waals surface area contributed by atoms with Gasteiger partial charge in [0.05, 0.1) is 18.4 Å². The van der Waals surface area contributed by atoms with E-state index in [1.807, 2.05) is 6.08 Å². The fraction of sp³-hybridized carbons (Fsp3) is 0.636. The van der Waals surface area contributed by atoms with E-state index in [1.54, 1.807) is 13.1 Å². The average molecular weight is 227 g/mol. The lowest BCUT2D eigenvalue weighted by atomic mass is 9.82. The lowest BCUT2D eigenvalue weighted by molar-refractivity contribution is -0.150. The van der Waals surface area contributed by atoms with Gasteiger partial charge in [0, 0.05) is 13.6 Å². The number of nitrogens with zero attached hydrogens (tertiary/aromatic N) is 1. The van der Waals surface area contributed by atoms with Gasteiger partial charge in [-0.15, -0.1) is 0 Å². The molecule has 1 aliphatic rings. The Morgan fingerprint density at radius 1 is 1.31 bits per heavy atom. The summed E-state index contributed by atoms with van der Waals surface area (Å²) in [7, 11) is 1.58. The fourth-order valence-corrected chi connectivity index (χ4v) is 1.90. The maximum absolute atomic E-state index is 11.9. The molecule has 0 spiro atoms. The molecule has 2 atom stereocenters. The first kappa shape index (κ1) is 12.7. The van der Waals surface area contributed by atoms with Crippen LogP contribution in [0.1, 0.15) is 12.8 Å². The van der Waals surface area contributed by atoms with E-state index in [9.17, 15) is 9.59 Å². The summed E-state index contributed by atoms with van der Waals surface area (Å²) < 4.78 is 0. The molecule has 1 amide bonds. The Labute approximate surface area is 94.4 Å². The molecule has 0 saturated carbocycles. The highest BCUT2D eigenvalue weighted by Gasteiger charge is 2.35. The summed E-state index contributed by atoms with van der Waals surface area (Å²) in [5, 5.41) is 17.8. The maximum Gasteiger partial charge on any atom is 0.307 e. The van der Waals surface area contributed by atoms with E-state index in [4.69, 9.17) is 10.2 Å². The molecule has 0 aromatic carbocycles. The summed E-state index contributed by atoms with van der Waals surface area (Å²) in [6.45, 7) is 0.133. The van der Waals surface area contributed by atoms with Crippen LogP contribution in [0.5, 0.6) is 0 Å². The molecule has 2 N–H and O–H groups in total. The lowest BCUT2D eigenvalue weighted by Gasteiger charge is -2.28. The molecule has 16 heavy (non-hydrogen) atoms. The number of hydrogen-bond acceptors (Lipinski definition) is 3. The smallest absolute Gasteiger partial charge is 0.307 e. The van der Waals surface area contributed by atoms with Crippen molar-refractivity contribution in [2.45, 2.75) is 12.8 Å². The highest BCUT2D eigenvalue weighted by atomic mass is 16.4. The summed E-state index contributed by atoms with van der Waals surface area (Å²) in [5.41, 5.74) is 0. The Bertz CT molecular complexity index is 300. The Morgan fingerprint density at radius 2 is 1.88 bits per heavy atom. The van der Waals surface area contributed by atoms with Gasteiger partial charge in [0.25, 0.3) is 0 Å². The Hall–Kier alpha value is -1.36. The minimum Gasteiger partial charge on any atom is -0.481 e. The monoisotopic (exact) mass is 227 g/mol. The quantitative estimate of drug-likeness (QED) is 0.668. The zero-order valence-electron chi connectivity index (χ0n) is 9.30. The third-order valence-corrected chi connectivity index (χ3v) is 2.88. The predicted octanol–water partition coefficient (Wildman–Crippen LogP) is 0.104. The van der Waals surface area contributed by atoms with Crippen LogP contribution < -0.4 is 0 Å². The van der Waals surface area contributed by atoms with Gasteiger partial charge in [0.15, 0.2) is 0 Å². The van der Waals surface area contributed by atoms with Gasteiger partial charge in [-0.1, -0.05) is 12.2 Å². The highest BCUT2D eigenvalue weighted by Crippen LogP contribution is 2.27. The number of aliphatic hydroxyl groups is 1. The van der Waals surface area contributed by atoms with E-state index in [0.29, 0.717) is 12.8 Å². The van der Waals surface area contributed by atoms with E-state index in [1.165, 1.54) is 4.90 Å². The molecule has 5 heteroatoms. The van der Waals surface area contributed by atoms with Crippen LogP contribution in [0, 0.1) is 11.8 Å². The maximum atomic E-state index is 11.9. The van der Waals surface area contributed by atoms with Crippen LogP contribution in [0.4, 0.5) is 0 Å². The van der Waals surface area contributed by atoms with Gasteiger partial charge < -0.3 is 15.1 Å². The Morgan fingerprint density at radius 3 is 2.38 bits per heavy atom. The van der Waals surface area contributed by atoms with E-state index in [-0.39, 0.29) is 19.1 Å². The molecule has 90 valence electrons. The number of carbonyl (C=O) groups excluding carboxylic acids is 1. The fourth-order valence-electron chi connectivity index (χ4n) is 1.90. The van der Waals surface area contributed by atoms with Crippen LogP contribution >= 0.6 is 0 Å². The van der Waals surface area contributed by atoms with Gasteiger partial charge in [-0.2, -0.15) is 0 Å². The molecule has 0 bridgehead atoms. The zero-order chi connectivity index (χ0) is 12.1. The van der Waals surface area contributed by atoms with Crippen LogP contribution in [0.25, 0.3) is 0 Å². The van der Waals surface area contributed by atoms with Crippen molar-refractivity contribution in [3.05, 3.63) is 12.2 Å². The molecule has 0 aromatic heterocycles. The van der Waals surface area contributed by atoms with Crippen molar-refractivity contribution in [3.63, 3.8) is 0 Å². The summed E-state index contributed by atoms with van der Waals surface area (Å²) >= 11 is 0. The van der Waals surface area contributed by atoms with Crippen LogP contribution in [0.2, 0.25) is 0 Å². The zero-order valence-corrected chi connectivity index (χ0v) is 9.30. The topological polar surface area (TPSA) is 77.8 Å². The Balaban J connectivity index is 2.72.